The highest BCUT2D eigenvalue weighted by Crippen LogP contribution is 2.36. The minimum atomic E-state index is -5.08. The Labute approximate surface area is 175 Å². The minimum absolute atomic E-state index is 0.000691. The van der Waals surface area contributed by atoms with Gasteiger partial charge in [-0.3, -0.25) is 4.79 Å². The van der Waals surface area contributed by atoms with E-state index < -0.39 is 47.1 Å². The molecule has 0 atom stereocenters. The van der Waals surface area contributed by atoms with Gasteiger partial charge in [-0.1, -0.05) is 0 Å². The van der Waals surface area contributed by atoms with Crippen molar-refractivity contribution in [2.24, 2.45) is 11.7 Å². The number of carbonyl (C=O) groups is 2. The third kappa shape index (κ3) is 8.93. The van der Waals surface area contributed by atoms with Crippen LogP contribution in [0, 0.1) is 5.92 Å². The maximum absolute atomic E-state index is 12.8. The van der Waals surface area contributed by atoms with E-state index in [0.29, 0.717) is 12.1 Å². The Morgan fingerprint density at radius 1 is 0.875 bits per heavy atom. The first-order valence-electron chi connectivity index (χ1n) is 9.04. The fourth-order valence-corrected chi connectivity index (χ4v) is 2.82. The number of hydrogen-bond acceptors (Lipinski definition) is 3. The number of alkyl halides is 9. The highest BCUT2D eigenvalue weighted by atomic mass is 19.4. The number of nitrogens with two attached hydrogens (primary N) is 1. The molecule has 1 aromatic rings. The number of carboxylic acids is 1. The third-order valence-corrected chi connectivity index (χ3v) is 4.54. The number of amides is 1. The van der Waals surface area contributed by atoms with Crippen LogP contribution < -0.4 is 11.1 Å². The average Bonchev–Trinajstić information content (AvgIpc) is 2.65. The molecule has 2 rings (SSSR count). The van der Waals surface area contributed by atoms with E-state index in [1.807, 2.05) is 0 Å². The van der Waals surface area contributed by atoms with Crippen LogP contribution in [0.4, 0.5) is 39.5 Å². The van der Waals surface area contributed by atoms with Crippen molar-refractivity contribution < 1.29 is 54.2 Å². The van der Waals surface area contributed by atoms with Gasteiger partial charge in [-0.2, -0.15) is 39.5 Å². The standard InChI is InChI=1S/C16H18F6N2O.C2HF3O2/c17-15(18,19)11-5-10(6-12(7-11)16(20,21)22)14(25)24-8-9-1-3-13(23)4-2-9;3-2(4,5)1(6)7/h5-7,9,13H,1-4,8,23H2,(H,24,25);(H,6,7)/t9-,13+;. The van der Waals surface area contributed by atoms with E-state index in [1.54, 1.807) is 0 Å². The van der Waals surface area contributed by atoms with Crippen LogP contribution in [0.5, 0.6) is 0 Å². The van der Waals surface area contributed by atoms with Crippen LogP contribution in [0.15, 0.2) is 18.2 Å². The zero-order valence-electron chi connectivity index (χ0n) is 16.2. The van der Waals surface area contributed by atoms with Crippen molar-refractivity contribution in [1.29, 1.82) is 0 Å². The number of halogens is 9. The van der Waals surface area contributed by atoms with Gasteiger partial charge in [0.2, 0.25) is 0 Å². The Kier molecular flexibility index (Phi) is 8.95. The monoisotopic (exact) mass is 482 g/mol. The molecule has 32 heavy (non-hydrogen) atoms. The lowest BCUT2D eigenvalue weighted by Crippen LogP contribution is -2.34. The number of benzene rings is 1. The fourth-order valence-electron chi connectivity index (χ4n) is 2.82. The maximum atomic E-state index is 12.8. The molecular weight excluding hydrogens is 463 g/mol. The van der Waals surface area contributed by atoms with E-state index in [2.05, 4.69) is 5.32 Å². The van der Waals surface area contributed by atoms with Gasteiger partial charge in [0.1, 0.15) is 0 Å². The van der Waals surface area contributed by atoms with Crippen LogP contribution >= 0.6 is 0 Å². The molecule has 0 spiro atoms. The first-order chi connectivity index (χ1) is 14.4. The van der Waals surface area contributed by atoms with Crippen LogP contribution in [0.1, 0.15) is 47.2 Å². The van der Waals surface area contributed by atoms with Gasteiger partial charge in [-0.25, -0.2) is 4.79 Å². The van der Waals surface area contributed by atoms with E-state index in [4.69, 9.17) is 15.6 Å². The van der Waals surface area contributed by atoms with Crippen LogP contribution in [0.25, 0.3) is 0 Å². The van der Waals surface area contributed by atoms with Crippen molar-refractivity contribution >= 4 is 11.9 Å². The molecule has 4 N–H and O–H groups in total. The van der Waals surface area contributed by atoms with E-state index in [0.717, 1.165) is 25.7 Å². The van der Waals surface area contributed by atoms with E-state index in [-0.39, 0.29) is 24.6 Å². The average molecular weight is 482 g/mol. The number of carboxylic acid groups (broad SMARTS) is 1. The fraction of sp³-hybridized carbons (Fsp3) is 0.556. The summed E-state index contributed by atoms with van der Waals surface area (Å²) < 4.78 is 109. The van der Waals surface area contributed by atoms with Gasteiger partial charge in [-0.15, -0.1) is 0 Å². The lowest BCUT2D eigenvalue weighted by atomic mass is 9.86. The van der Waals surface area contributed by atoms with Gasteiger partial charge in [0.15, 0.2) is 0 Å². The van der Waals surface area contributed by atoms with Crippen molar-refractivity contribution in [3.05, 3.63) is 34.9 Å². The van der Waals surface area contributed by atoms with Gasteiger partial charge < -0.3 is 16.2 Å². The van der Waals surface area contributed by atoms with Gasteiger partial charge in [0.25, 0.3) is 5.91 Å². The van der Waals surface area contributed by atoms with Crippen molar-refractivity contribution in [3.63, 3.8) is 0 Å². The van der Waals surface area contributed by atoms with Crippen molar-refractivity contribution in [1.82, 2.24) is 5.32 Å². The summed E-state index contributed by atoms with van der Waals surface area (Å²) in [6.45, 7) is 0.198. The van der Waals surface area contributed by atoms with Crippen LogP contribution in [-0.2, 0) is 17.1 Å². The molecule has 0 radical (unpaired) electrons. The molecule has 1 amide bonds. The second kappa shape index (κ2) is 10.4. The SMILES string of the molecule is N[C@H]1CC[C@@H](CNC(=O)c2cc(C(F)(F)F)cc(C(F)(F)F)c2)CC1.O=C(O)C(F)(F)F. The van der Waals surface area contributed by atoms with Gasteiger partial charge in [0.05, 0.1) is 11.1 Å². The number of nitrogens with one attached hydrogen (secondary N) is 1. The summed E-state index contributed by atoms with van der Waals surface area (Å²) >= 11 is 0. The third-order valence-electron chi connectivity index (χ3n) is 4.54. The number of hydrogen-bond donors (Lipinski definition) is 3. The molecule has 0 bridgehead atoms. The van der Waals surface area contributed by atoms with Gasteiger partial charge in [0, 0.05) is 18.2 Å². The number of aliphatic carboxylic acids is 1. The summed E-state index contributed by atoms with van der Waals surface area (Å²) in [7, 11) is 0. The second-order valence-corrected chi connectivity index (χ2v) is 7.09. The van der Waals surface area contributed by atoms with E-state index in [1.165, 1.54) is 0 Å². The molecule has 14 heteroatoms. The number of rotatable bonds is 3. The summed E-state index contributed by atoms with van der Waals surface area (Å²) in [6, 6.07) is 0.965. The molecule has 0 aromatic heterocycles. The molecule has 0 unspecified atom stereocenters. The van der Waals surface area contributed by atoms with Crippen molar-refractivity contribution in [2.75, 3.05) is 6.54 Å². The summed E-state index contributed by atoms with van der Waals surface area (Å²) in [6.07, 6.45) is -12.0. The Morgan fingerprint density at radius 2 is 1.28 bits per heavy atom. The normalized spacial score (nSPS) is 19.6. The Balaban J connectivity index is 0.000000633. The highest BCUT2D eigenvalue weighted by molar-refractivity contribution is 5.94. The Bertz CT molecular complexity index is 764. The van der Waals surface area contributed by atoms with Crippen LogP contribution in [0.3, 0.4) is 0 Å². The molecule has 5 nitrogen and oxygen atoms in total. The van der Waals surface area contributed by atoms with Gasteiger partial charge in [-0.05, 0) is 49.8 Å². The lowest BCUT2D eigenvalue weighted by molar-refractivity contribution is -0.192. The molecule has 182 valence electrons. The van der Waals surface area contributed by atoms with Crippen molar-refractivity contribution in [3.8, 4) is 0 Å². The van der Waals surface area contributed by atoms with Crippen LogP contribution in [-0.4, -0.2) is 35.7 Å². The molecule has 1 aromatic carbocycles. The summed E-state index contributed by atoms with van der Waals surface area (Å²) in [5.74, 6) is -3.59. The molecule has 1 saturated carbocycles. The minimum Gasteiger partial charge on any atom is -0.475 e. The molecule has 1 aliphatic rings. The summed E-state index contributed by atoms with van der Waals surface area (Å²) in [5, 5.41) is 9.55. The Hall–Kier alpha value is -2.51. The maximum Gasteiger partial charge on any atom is 0.490 e. The van der Waals surface area contributed by atoms with Gasteiger partial charge >= 0.3 is 24.5 Å². The summed E-state index contributed by atoms with van der Waals surface area (Å²) in [4.78, 5) is 20.9. The molecule has 0 aliphatic heterocycles. The zero-order chi connectivity index (χ0) is 24.9. The molecule has 1 aliphatic carbocycles. The largest absolute Gasteiger partial charge is 0.490 e. The first-order valence-corrected chi connectivity index (χ1v) is 9.04. The van der Waals surface area contributed by atoms with E-state index in [9.17, 15) is 44.3 Å². The second-order valence-electron chi connectivity index (χ2n) is 7.09. The Morgan fingerprint density at radius 3 is 1.62 bits per heavy atom. The molecular formula is C18H19F9N2O3. The lowest BCUT2D eigenvalue weighted by Gasteiger charge is -2.26. The smallest absolute Gasteiger partial charge is 0.475 e. The zero-order valence-corrected chi connectivity index (χ0v) is 16.2. The predicted molar refractivity (Wildman–Crippen MR) is 92.4 cm³/mol. The highest BCUT2D eigenvalue weighted by Gasteiger charge is 2.38. The molecule has 1 fully saturated rings. The summed E-state index contributed by atoms with van der Waals surface area (Å²) in [5.41, 5.74) is 2.09. The van der Waals surface area contributed by atoms with Crippen LogP contribution in [0.2, 0.25) is 0 Å². The number of carbonyl (C=O) groups excluding carboxylic acids is 1. The first kappa shape index (κ1) is 27.5. The van der Waals surface area contributed by atoms with Crippen molar-refractivity contribution in [2.45, 2.75) is 50.3 Å². The quantitative estimate of drug-likeness (QED) is 0.549. The van der Waals surface area contributed by atoms with E-state index >= 15 is 0 Å². The molecule has 0 heterocycles. The molecule has 0 saturated heterocycles. The topological polar surface area (TPSA) is 92.4 Å². The predicted octanol–water partition coefficient (Wildman–Crippen LogP) is 4.60.